The SMILES string of the molecule is CCc1onc(C)c1-c1cccc(C2CCN(C(=O)CC3CCCC3)CC2)n1. The number of hydrogen-bond acceptors (Lipinski definition) is 4. The van der Waals surface area contributed by atoms with Gasteiger partial charge in [0, 0.05) is 37.5 Å². The molecule has 0 atom stereocenters. The van der Waals surface area contributed by atoms with Crippen molar-refractivity contribution in [2.75, 3.05) is 13.1 Å². The van der Waals surface area contributed by atoms with E-state index in [1.807, 2.05) is 13.0 Å². The molecule has 0 unspecified atom stereocenters. The molecule has 2 aromatic heterocycles. The van der Waals surface area contributed by atoms with E-state index >= 15 is 0 Å². The number of likely N-dealkylation sites (tertiary alicyclic amines) is 1. The minimum atomic E-state index is 0.361. The molecule has 1 saturated heterocycles. The molecule has 150 valence electrons. The summed E-state index contributed by atoms with van der Waals surface area (Å²) in [5, 5.41) is 4.12. The Kier molecular flexibility index (Phi) is 5.79. The Labute approximate surface area is 167 Å². The summed E-state index contributed by atoms with van der Waals surface area (Å²) in [4.78, 5) is 19.6. The third kappa shape index (κ3) is 3.98. The molecule has 0 bridgehead atoms. The zero-order valence-corrected chi connectivity index (χ0v) is 17.1. The molecule has 2 aliphatic rings. The van der Waals surface area contributed by atoms with Gasteiger partial charge in [-0.3, -0.25) is 9.78 Å². The summed E-state index contributed by atoms with van der Waals surface area (Å²) in [5.74, 6) is 2.30. The highest BCUT2D eigenvalue weighted by molar-refractivity contribution is 5.76. The number of aromatic nitrogens is 2. The Hall–Kier alpha value is -2.17. The molecule has 5 nitrogen and oxygen atoms in total. The molecule has 0 aromatic carbocycles. The number of amides is 1. The average molecular weight is 382 g/mol. The first-order valence-corrected chi connectivity index (χ1v) is 10.9. The van der Waals surface area contributed by atoms with Gasteiger partial charge in [0.2, 0.25) is 5.91 Å². The number of hydrogen-bond donors (Lipinski definition) is 0. The van der Waals surface area contributed by atoms with E-state index in [9.17, 15) is 4.79 Å². The monoisotopic (exact) mass is 381 g/mol. The van der Waals surface area contributed by atoms with Crippen LogP contribution in [0.15, 0.2) is 22.7 Å². The van der Waals surface area contributed by atoms with E-state index in [-0.39, 0.29) is 0 Å². The lowest BCUT2D eigenvalue weighted by molar-refractivity contribution is -0.133. The Bertz CT molecular complexity index is 815. The smallest absolute Gasteiger partial charge is 0.222 e. The van der Waals surface area contributed by atoms with E-state index in [0.717, 1.165) is 67.2 Å². The molecule has 5 heteroatoms. The molecular weight excluding hydrogens is 350 g/mol. The fourth-order valence-electron chi connectivity index (χ4n) is 4.82. The van der Waals surface area contributed by atoms with Crippen LogP contribution in [0.3, 0.4) is 0 Å². The molecule has 4 rings (SSSR count). The molecule has 1 aliphatic carbocycles. The maximum Gasteiger partial charge on any atom is 0.222 e. The fraction of sp³-hybridized carbons (Fsp3) is 0.609. The summed E-state index contributed by atoms with van der Waals surface area (Å²) >= 11 is 0. The zero-order chi connectivity index (χ0) is 19.5. The van der Waals surface area contributed by atoms with E-state index in [4.69, 9.17) is 9.51 Å². The number of rotatable bonds is 5. The first-order chi connectivity index (χ1) is 13.7. The summed E-state index contributed by atoms with van der Waals surface area (Å²) < 4.78 is 5.45. The number of carbonyl (C=O) groups excluding carboxylic acids is 1. The van der Waals surface area contributed by atoms with Crippen molar-refractivity contribution in [2.45, 2.75) is 71.1 Å². The van der Waals surface area contributed by atoms with Crippen LogP contribution in [0, 0.1) is 12.8 Å². The van der Waals surface area contributed by atoms with Gasteiger partial charge < -0.3 is 9.42 Å². The van der Waals surface area contributed by atoms with Gasteiger partial charge in [0.1, 0.15) is 5.76 Å². The minimum Gasteiger partial charge on any atom is -0.360 e. The van der Waals surface area contributed by atoms with Gasteiger partial charge in [-0.1, -0.05) is 31.0 Å². The predicted molar refractivity (Wildman–Crippen MR) is 109 cm³/mol. The zero-order valence-electron chi connectivity index (χ0n) is 17.1. The van der Waals surface area contributed by atoms with Gasteiger partial charge in [-0.05, 0) is 50.7 Å². The van der Waals surface area contributed by atoms with E-state index in [0.29, 0.717) is 17.7 Å². The van der Waals surface area contributed by atoms with Crippen molar-refractivity contribution in [3.8, 4) is 11.3 Å². The first kappa shape index (κ1) is 19.2. The van der Waals surface area contributed by atoms with Crippen molar-refractivity contribution in [1.29, 1.82) is 0 Å². The van der Waals surface area contributed by atoms with Crippen LogP contribution in [-0.2, 0) is 11.2 Å². The van der Waals surface area contributed by atoms with Gasteiger partial charge in [-0.25, -0.2) is 0 Å². The molecule has 1 amide bonds. The highest BCUT2D eigenvalue weighted by Crippen LogP contribution is 2.32. The normalized spacial score (nSPS) is 18.7. The Balaban J connectivity index is 1.41. The van der Waals surface area contributed by atoms with Gasteiger partial charge >= 0.3 is 0 Å². The standard InChI is InChI=1S/C23H31N3O2/c1-3-21-23(16(2)25-28-21)20-10-6-9-19(24-20)18-11-13-26(14-12-18)22(27)15-17-7-4-5-8-17/h6,9-10,17-18H,3-5,7-8,11-15H2,1-2H3. The second kappa shape index (κ2) is 8.46. The number of carbonyl (C=O) groups is 1. The average Bonchev–Trinajstić information content (AvgIpc) is 3.37. The molecule has 0 N–H and O–H groups in total. The van der Waals surface area contributed by atoms with Crippen molar-refractivity contribution in [3.05, 3.63) is 35.3 Å². The van der Waals surface area contributed by atoms with E-state index in [2.05, 4.69) is 29.1 Å². The molecule has 3 heterocycles. The number of pyridine rings is 1. The van der Waals surface area contributed by atoms with Crippen LogP contribution in [0.5, 0.6) is 0 Å². The lowest BCUT2D eigenvalue weighted by atomic mass is 9.92. The van der Waals surface area contributed by atoms with Crippen LogP contribution < -0.4 is 0 Å². The predicted octanol–water partition coefficient (Wildman–Crippen LogP) is 4.89. The molecule has 1 saturated carbocycles. The Morgan fingerprint density at radius 2 is 1.93 bits per heavy atom. The summed E-state index contributed by atoms with van der Waals surface area (Å²) in [6, 6.07) is 6.25. The number of piperidine rings is 1. The summed E-state index contributed by atoms with van der Waals surface area (Å²) in [5.41, 5.74) is 4.01. The van der Waals surface area contributed by atoms with Gasteiger partial charge in [-0.15, -0.1) is 0 Å². The van der Waals surface area contributed by atoms with Crippen molar-refractivity contribution in [1.82, 2.24) is 15.0 Å². The number of nitrogens with zero attached hydrogens (tertiary/aromatic N) is 3. The Morgan fingerprint density at radius 1 is 1.18 bits per heavy atom. The second-order valence-electron chi connectivity index (χ2n) is 8.38. The Morgan fingerprint density at radius 3 is 2.64 bits per heavy atom. The maximum absolute atomic E-state index is 12.6. The first-order valence-electron chi connectivity index (χ1n) is 10.9. The van der Waals surface area contributed by atoms with Gasteiger partial charge in [0.15, 0.2) is 0 Å². The summed E-state index contributed by atoms with van der Waals surface area (Å²) in [6.45, 7) is 5.76. The third-order valence-electron chi connectivity index (χ3n) is 6.49. The van der Waals surface area contributed by atoms with Crippen LogP contribution in [0.2, 0.25) is 0 Å². The lowest BCUT2D eigenvalue weighted by Crippen LogP contribution is -2.38. The third-order valence-corrected chi connectivity index (χ3v) is 6.49. The van der Waals surface area contributed by atoms with Gasteiger partial charge in [-0.2, -0.15) is 0 Å². The quantitative estimate of drug-likeness (QED) is 0.739. The second-order valence-corrected chi connectivity index (χ2v) is 8.38. The van der Waals surface area contributed by atoms with Crippen molar-refractivity contribution >= 4 is 5.91 Å². The molecule has 0 spiro atoms. The molecule has 1 aliphatic heterocycles. The molecule has 2 fully saturated rings. The van der Waals surface area contributed by atoms with E-state index in [1.165, 1.54) is 25.7 Å². The highest BCUT2D eigenvalue weighted by Gasteiger charge is 2.27. The summed E-state index contributed by atoms with van der Waals surface area (Å²) in [7, 11) is 0. The van der Waals surface area contributed by atoms with Crippen LogP contribution in [0.1, 0.15) is 74.9 Å². The topological polar surface area (TPSA) is 59.2 Å². The minimum absolute atomic E-state index is 0.361. The van der Waals surface area contributed by atoms with Crippen LogP contribution in [0.25, 0.3) is 11.3 Å². The molecule has 0 radical (unpaired) electrons. The van der Waals surface area contributed by atoms with Gasteiger partial charge in [0.05, 0.1) is 17.0 Å². The van der Waals surface area contributed by atoms with Crippen molar-refractivity contribution in [3.63, 3.8) is 0 Å². The largest absolute Gasteiger partial charge is 0.360 e. The molecule has 2 aromatic rings. The van der Waals surface area contributed by atoms with Crippen LogP contribution >= 0.6 is 0 Å². The van der Waals surface area contributed by atoms with E-state index in [1.54, 1.807) is 0 Å². The highest BCUT2D eigenvalue weighted by atomic mass is 16.5. The fourth-order valence-corrected chi connectivity index (χ4v) is 4.82. The number of aryl methyl sites for hydroxylation is 2. The van der Waals surface area contributed by atoms with Crippen LogP contribution in [0.4, 0.5) is 0 Å². The molecule has 28 heavy (non-hydrogen) atoms. The van der Waals surface area contributed by atoms with Crippen LogP contribution in [-0.4, -0.2) is 34.0 Å². The van der Waals surface area contributed by atoms with E-state index < -0.39 is 0 Å². The maximum atomic E-state index is 12.6. The summed E-state index contributed by atoms with van der Waals surface area (Å²) in [6.07, 6.45) is 8.63. The van der Waals surface area contributed by atoms with Crippen molar-refractivity contribution in [2.24, 2.45) is 5.92 Å². The van der Waals surface area contributed by atoms with Gasteiger partial charge in [0.25, 0.3) is 0 Å². The lowest BCUT2D eigenvalue weighted by Gasteiger charge is -2.32. The van der Waals surface area contributed by atoms with Crippen molar-refractivity contribution < 1.29 is 9.32 Å². The molecular formula is C23H31N3O2.